The SMILES string of the molecule is Cc1cccc(SCc2nc(Cl)c3c(n2)CCCCC3)c1. The lowest BCUT2D eigenvalue weighted by Crippen LogP contribution is -2.04. The second-order valence-electron chi connectivity index (χ2n) is 5.52. The normalized spacial score (nSPS) is 14.6. The van der Waals surface area contributed by atoms with E-state index in [0.29, 0.717) is 5.15 Å². The van der Waals surface area contributed by atoms with Crippen LogP contribution in [0.3, 0.4) is 0 Å². The minimum atomic E-state index is 0.668. The van der Waals surface area contributed by atoms with E-state index in [1.807, 2.05) is 0 Å². The van der Waals surface area contributed by atoms with Gasteiger partial charge in [0.15, 0.2) is 0 Å². The van der Waals surface area contributed by atoms with Crippen LogP contribution in [0.5, 0.6) is 0 Å². The van der Waals surface area contributed by atoms with Crippen molar-refractivity contribution < 1.29 is 0 Å². The van der Waals surface area contributed by atoms with E-state index in [9.17, 15) is 0 Å². The molecule has 1 aromatic heterocycles. The molecule has 0 radical (unpaired) electrons. The van der Waals surface area contributed by atoms with Crippen LogP contribution in [0.2, 0.25) is 5.15 Å². The van der Waals surface area contributed by atoms with Crippen LogP contribution in [0, 0.1) is 6.92 Å². The molecule has 0 fully saturated rings. The van der Waals surface area contributed by atoms with Gasteiger partial charge in [-0.05, 0) is 44.7 Å². The van der Waals surface area contributed by atoms with Gasteiger partial charge in [-0.25, -0.2) is 9.97 Å². The molecule has 0 unspecified atom stereocenters. The van der Waals surface area contributed by atoms with Gasteiger partial charge < -0.3 is 0 Å². The quantitative estimate of drug-likeness (QED) is 0.452. The minimum Gasteiger partial charge on any atom is -0.237 e. The Balaban J connectivity index is 1.77. The predicted octanol–water partition coefficient (Wildman–Crippen LogP) is 5.00. The Hall–Kier alpha value is -1.06. The maximum absolute atomic E-state index is 6.37. The molecule has 4 heteroatoms. The molecule has 0 atom stereocenters. The van der Waals surface area contributed by atoms with Gasteiger partial charge in [-0.2, -0.15) is 0 Å². The topological polar surface area (TPSA) is 25.8 Å². The van der Waals surface area contributed by atoms with E-state index in [2.05, 4.69) is 36.2 Å². The number of fused-ring (bicyclic) bond motifs is 1. The highest BCUT2D eigenvalue weighted by Crippen LogP contribution is 2.27. The lowest BCUT2D eigenvalue weighted by Gasteiger charge is -2.09. The number of aromatic nitrogens is 2. The molecule has 0 N–H and O–H groups in total. The molecule has 110 valence electrons. The third-order valence-corrected chi connectivity index (χ3v) is 5.09. The van der Waals surface area contributed by atoms with E-state index in [-0.39, 0.29) is 0 Å². The lowest BCUT2D eigenvalue weighted by molar-refractivity contribution is 0.708. The Bertz CT molecular complexity index is 643. The number of nitrogens with zero attached hydrogens (tertiary/aromatic N) is 2. The van der Waals surface area contributed by atoms with Crippen molar-refractivity contribution in [3.63, 3.8) is 0 Å². The smallest absolute Gasteiger partial charge is 0.140 e. The molecule has 1 heterocycles. The molecular formula is C17H19ClN2S. The van der Waals surface area contributed by atoms with E-state index in [1.165, 1.54) is 41.0 Å². The molecule has 0 bridgehead atoms. The van der Waals surface area contributed by atoms with Gasteiger partial charge in [0.25, 0.3) is 0 Å². The molecule has 1 aliphatic rings. The number of hydrogen-bond acceptors (Lipinski definition) is 3. The monoisotopic (exact) mass is 318 g/mol. The highest BCUT2D eigenvalue weighted by atomic mass is 35.5. The second-order valence-corrected chi connectivity index (χ2v) is 6.93. The van der Waals surface area contributed by atoms with E-state index >= 15 is 0 Å². The molecular weight excluding hydrogens is 300 g/mol. The molecule has 2 nitrogen and oxygen atoms in total. The van der Waals surface area contributed by atoms with Gasteiger partial charge in [0.05, 0.1) is 5.75 Å². The molecule has 3 rings (SSSR count). The Morgan fingerprint density at radius 2 is 2.00 bits per heavy atom. The average Bonchev–Trinajstić information content (AvgIpc) is 2.71. The van der Waals surface area contributed by atoms with E-state index in [0.717, 1.165) is 24.4 Å². The summed E-state index contributed by atoms with van der Waals surface area (Å²) in [4.78, 5) is 10.5. The van der Waals surface area contributed by atoms with Gasteiger partial charge >= 0.3 is 0 Å². The average molecular weight is 319 g/mol. The summed E-state index contributed by atoms with van der Waals surface area (Å²) in [5, 5.41) is 0.668. The van der Waals surface area contributed by atoms with Gasteiger partial charge in [0.1, 0.15) is 11.0 Å². The van der Waals surface area contributed by atoms with Gasteiger partial charge in [-0.15, -0.1) is 11.8 Å². The van der Waals surface area contributed by atoms with Crippen LogP contribution in [0.25, 0.3) is 0 Å². The maximum atomic E-state index is 6.37. The number of rotatable bonds is 3. The third kappa shape index (κ3) is 3.78. The van der Waals surface area contributed by atoms with Crippen LogP contribution in [-0.4, -0.2) is 9.97 Å². The maximum Gasteiger partial charge on any atom is 0.140 e. The van der Waals surface area contributed by atoms with Crippen molar-refractivity contribution in [1.29, 1.82) is 0 Å². The molecule has 21 heavy (non-hydrogen) atoms. The summed E-state index contributed by atoms with van der Waals surface area (Å²) in [7, 11) is 0. The molecule has 0 amide bonds. The number of aryl methyl sites for hydroxylation is 2. The van der Waals surface area contributed by atoms with Gasteiger partial charge in [-0.1, -0.05) is 35.7 Å². The number of benzene rings is 1. The van der Waals surface area contributed by atoms with Crippen molar-refractivity contribution in [3.05, 3.63) is 52.1 Å². The fourth-order valence-electron chi connectivity index (χ4n) is 2.69. The summed E-state index contributed by atoms with van der Waals surface area (Å²) in [6.07, 6.45) is 5.75. The van der Waals surface area contributed by atoms with Gasteiger partial charge in [0.2, 0.25) is 0 Å². The van der Waals surface area contributed by atoms with E-state index < -0.39 is 0 Å². The van der Waals surface area contributed by atoms with Crippen LogP contribution in [0.4, 0.5) is 0 Å². The fourth-order valence-corrected chi connectivity index (χ4v) is 3.86. The van der Waals surface area contributed by atoms with Crippen molar-refractivity contribution in [1.82, 2.24) is 9.97 Å². The zero-order valence-electron chi connectivity index (χ0n) is 12.2. The standard InChI is InChI=1S/C17H19ClN2S/c1-12-6-5-7-13(10-12)21-11-16-19-15-9-4-2-3-8-14(15)17(18)20-16/h5-7,10H,2-4,8-9,11H2,1H3. The second kappa shape index (κ2) is 6.80. The molecule has 0 saturated carbocycles. The Morgan fingerprint density at radius 1 is 1.14 bits per heavy atom. The fraction of sp³-hybridized carbons (Fsp3) is 0.412. The Morgan fingerprint density at radius 3 is 2.86 bits per heavy atom. The van der Waals surface area contributed by atoms with Crippen molar-refractivity contribution in [2.24, 2.45) is 0 Å². The summed E-state index contributed by atoms with van der Waals surface area (Å²) in [5.41, 5.74) is 3.63. The summed E-state index contributed by atoms with van der Waals surface area (Å²) < 4.78 is 0. The van der Waals surface area contributed by atoms with Crippen LogP contribution in [-0.2, 0) is 18.6 Å². The molecule has 0 aliphatic heterocycles. The van der Waals surface area contributed by atoms with E-state index in [1.54, 1.807) is 11.8 Å². The minimum absolute atomic E-state index is 0.668. The first kappa shape index (κ1) is 14.9. The van der Waals surface area contributed by atoms with Crippen molar-refractivity contribution in [2.75, 3.05) is 0 Å². The first-order chi connectivity index (χ1) is 10.2. The largest absolute Gasteiger partial charge is 0.237 e. The highest BCUT2D eigenvalue weighted by Gasteiger charge is 2.15. The third-order valence-electron chi connectivity index (χ3n) is 3.79. The summed E-state index contributed by atoms with van der Waals surface area (Å²) >= 11 is 8.14. The highest BCUT2D eigenvalue weighted by molar-refractivity contribution is 7.98. The lowest BCUT2D eigenvalue weighted by atomic mass is 10.1. The van der Waals surface area contributed by atoms with Crippen molar-refractivity contribution in [3.8, 4) is 0 Å². The first-order valence-electron chi connectivity index (χ1n) is 7.46. The number of thioether (sulfide) groups is 1. The van der Waals surface area contributed by atoms with Crippen LogP contribution < -0.4 is 0 Å². The zero-order chi connectivity index (χ0) is 14.7. The molecule has 0 saturated heterocycles. The molecule has 0 spiro atoms. The Labute approximate surface area is 135 Å². The van der Waals surface area contributed by atoms with Crippen molar-refractivity contribution >= 4 is 23.4 Å². The van der Waals surface area contributed by atoms with Crippen LogP contribution in [0.1, 0.15) is 41.9 Å². The predicted molar refractivity (Wildman–Crippen MR) is 89.0 cm³/mol. The van der Waals surface area contributed by atoms with Crippen LogP contribution in [0.15, 0.2) is 29.2 Å². The first-order valence-corrected chi connectivity index (χ1v) is 8.82. The molecule has 1 aromatic carbocycles. The summed E-state index contributed by atoms with van der Waals surface area (Å²) in [6, 6.07) is 8.51. The van der Waals surface area contributed by atoms with Gasteiger partial charge in [-0.3, -0.25) is 0 Å². The molecule has 1 aliphatic carbocycles. The molecule has 2 aromatic rings. The Kier molecular flexibility index (Phi) is 4.81. The van der Waals surface area contributed by atoms with Crippen molar-refractivity contribution in [2.45, 2.75) is 49.7 Å². The van der Waals surface area contributed by atoms with Gasteiger partial charge in [0, 0.05) is 16.2 Å². The zero-order valence-corrected chi connectivity index (χ0v) is 13.8. The number of hydrogen-bond donors (Lipinski definition) is 0. The van der Waals surface area contributed by atoms with E-state index in [4.69, 9.17) is 16.6 Å². The summed E-state index contributed by atoms with van der Waals surface area (Å²) in [5.74, 6) is 1.63. The van der Waals surface area contributed by atoms with Crippen LogP contribution >= 0.6 is 23.4 Å². The number of halogens is 1. The summed E-state index contributed by atoms with van der Waals surface area (Å²) in [6.45, 7) is 2.11.